The van der Waals surface area contributed by atoms with Crippen molar-refractivity contribution in [2.75, 3.05) is 12.3 Å². The average Bonchev–Trinajstić information content (AvgIpc) is 3.20. The number of thioether (sulfide) groups is 1. The summed E-state index contributed by atoms with van der Waals surface area (Å²) in [5.41, 5.74) is 3.38. The third-order valence-corrected chi connectivity index (χ3v) is 6.51. The maximum Gasteiger partial charge on any atom is 0.261 e. The fourth-order valence-corrected chi connectivity index (χ4v) is 4.90. The van der Waals surface area contributed by atoms with Crippen molar-refractivity contribution in [2.45, 2.75) is 25.1 Å². The lowest BCUT2D eigenvalue weighted by molar-refractivity contribution is 0.0960. The van der Waals surface area contributed by atoms with Crippen LogP contribution in [0.2, 0.25) is 0 Å². The number of nitrogens with zero attached hydrogens (tertiary/aromatic N) is 1. The van der Waals surface area contributed by atoms with Crippen LogP contribution in [-0.4, -0.2) is 22.8 Å². The van der Waals surface area contributed by atoms with E-state index in [1.54, 1.807) is 11.8 Å². The van der Waals surface area contributed by atoms with Crippen LogP contribution in [0.25, 0.3) is 10.9 Å². The zero-order valence-corrected chi connectivity index (χ0v) is 16.0. The zero-order chi connectivity index (χ0) is 17.9. The predicted octanol–water partition coefficient (Wildman–Crippen LogP) is 3.67. The molecule has 1 aliphatic heterocycles. The lowest BCUT2D eigenvalue weighted by atomic mass is 10.0. The fourth-order valence-electron chi connectivity index (χ4n) is 3.44. The van der Waals surface area contributed by atoms with Gasteiger partial charge in [-0.3, -0.25) is 9.59 Å². The van der Waals surface area contributed by atoms with E-state index in [-0.39, 0.29) is 11.5 Å². The molecule has 1 amide bonds. The van der Waals surface area contributed by atoms with Crippen LogP contribution in [0, 0.1) is 0 Å². The second-order valence-corrected chi connectivity index (χ2v) is 8.42. The van der Waals surface area contributed by atoms with E-state index >= 15 is 0 Å². The molecule has 0 spiro atoms. The number of amides is 1. The Labute approximate surface area is 160 Å². The molecule has 0 saturated carbocycles. The third kappa shape index (κ3) is 3.44. The highest BCUT2D eigenvalue weighted by atomic mass is 32.2. The van der Waals surface area contributed by atoms with Crippen LogP contribution in [0.1, 0.15) is 27.2 Å². The van der Waals surface area contributed by atoms with Crippen molar-refractivity contribution >= 4 is 39.9 Å². The molecule has 0 fully saturated rings. The molecule has 3 aromatic rings. The molecule has 3 heterocycles. The van der Waals surface area contributed by atoms with E-state index < -0.39 is 0 Å². The van der Waals surface area contributed by atoms with Gasteiger partial charge in [0.15, 0.2) is 0 Å². The van der Waals surface area contributed by atoms with Gasteiger partial charge in [-0.25, -0.2) is 0 Å². The summed E-state index contributed by atoms with van der Waals surface area (Å²) < 4.78 is 1.95. The first kappa shape index (κ1) is 17.4. The molecule has 6 heteroatoms. The van der Waals surface area contributed by atoms with Gasteiger partial charge in [-0.1, -0.05) is 24.3 Å². The van der Waals surface area contributed by atoms with Gasteiger partial charge in [0, 0.05) is 30.2 Å². The molecule has 1 aromatic carbocycles. The van der Waals surface area contributed by atoms with Gasteiger partial charge in [-0.05, 0) is 41.3 Å². The van der Waals surface area contributed by atoms with Gasteiger partial charge in [0.05, 0.1) is 10.4 Å². The summed E-state index contributed by atoms with van der Waals surface area (Å²) in [6.07, 6.45) is 2.08. The summed E-state index contributed by atoms with van der Waals surface area (Å²) in [4.78, 5) is 25.4. The predicted molar refractivity (Wildman–Crippen MR) is 109 cm³/mol. The van der Waals surface area contributed by atoms with Crippen molar-refractivity contribution in [1.29, 1.82) is 0 Å². The van der Waals surface area contributed by atoms with Crippen molar-refractivity contribution in [3.05, 3.63) is 68.1 Å². The molecule has 4 rings (SSSR count). The van der Waals surface area contributed by atoms with Gasteiger partial charge >= 0.3 is 0 Å². The summed E-state index contributed by atoms with van der Waals surface area (Å²) in [5.74, 6) is 1.44. The lowest BCUT2D eigenvalue weighted by Crippen LogP contribution is -2.27. The van der Waals surface area contributed by atoms with Gasteiger partial charge in [0.1, 0.15) is 0 Å². The van der Waals surface area contributed by atoms with Crippen LogP contribution >= 0.6 is 23.1 Å². The minimum atomic E-state index is -0.0247. The number of thiophene rings is 1. The third-order valence-electron chi connectivity index (χ3n) is 4.63. The molecule has 0 unspecified atom stereocenters. The summed E-state index contributed by atoms with van der Waals surface area (Å²) >= 11 is 3.13. The van der Waals surface area contributed by atoms with E-state index in [9.17, 15) is 9.59 Å². The maximum absolute atomic E-state index is 12.8. The largest absolute Gasteiger partial charge is 0.351 e. The van der Waals surface area contributed by atoms with Crippen LogP contribution < -0.4 is 10.9 Å². The molecule has 0 bridgehead atoms. The van der Waals surface area contributed by atoms with E-state index in [0.717, 1.165) is 46.5 Å². The van der Waals surface area contributed by atoms with Gasteiger partial charge in [-0.15, -0.1) is 11.3 Å². The Bertz CT molecular complexity index is 993. The summed E-state index contributed by atoms with van der Waals surface area (Å²) in [7, 11) is 0. The Kier molecular flexibility index (Phi) is 5.13. The molecule has 0 aliphatic carbocycles. The number of nitrogens with one attached hydrogen (secondary N) is 1. The Balaban J connectivity index is 1.40. The SMILES string of the molecule is O=C(NCCSCc1cc2cccc3c2n(c1=O)CCC3)c1cccs1. The van der Waals surface area contributed by atoms with E-state index in [0.29, 0.717) is 12.3 Å². The number of hydrogen-bond donors (Lipinski definition) is 1. The van der Waals surface area contributed by atoms with Gasteiger partial charge < -0.3 is 9.88 Å². The van der Waals surface area contributed by atoms with Gasteiger partial charge in [0.2, 0.25) is 0 Å². The molecular weight excluding hydrogens is 364 g/mol. The molecule has 134 valence electrons. The standard InChI is InChI=1S/C20H20N2O2S2/c23-19(17-7-3-10-26-17)21-8-11-25-13-16-12-15-5-1-4-14-6-2-9-22(18(14)15)20(16)24/h1,3-5,7,10,12H,2,6,8-9,11,13H2,(H,21,23). The van der Waals surface area contributed by atoms with E-state index in [1.165, 1.54) is 16.9 Å². The highest BCUT2D eigenvalue weighted by molar-refractivity contribution is 7.98. The first-order valence-electron chi connectivity index (χ1n) is 8.78. The molecule has 0 radical (unpaired) electrons. The lowest BCUT2D eigenvalue weighted by Gasteiger charge is -2.20. The highest BCUT2D eigenvalue weighted by Gasteiger charge is 2.16. The zero-order valence-electron chi connectivity index (χ0n) is 14.4. The molecule has 1 aliphatic rings. The second-order valence-electron chi connectivity index (χ2n) is 6.37. The average molecular weight is 385 g/mol. The van der Waals surface area contributed by atoms with Crippen LogP contribution in [0.5, 0.6) is 0 Å². The van der Waals surface area contributed by atoms with Crippen molar-refractivity contribution < 1.29 is 4.79 Å². The van der Waals surface area contributed by atoms with E-state index in [2.05, 4.69) is 23.5 Å². The highest BCUT2D eigenvalue weighted by Crippen LogP contribution is 2.25. The van der Waals surface area contributed by atoms with Crippen molar-refractivity contribution in [3.8, 4) is 0 Å². The number of rotatable bonds is 6. The molecule has 26 heavy (non-hydrogen) atoms. The topological polar surface area (TPSA) is 51.1 Å². The molecule has 4 nitrogen and oxygen atoms in total. The van der Waals surface area contributed by atoms with E-state index in [4.69, 9.17) is 0 Å². The number of hydrogen-bond acceptors (Lipinski definition) is 4. The Morgan fingerprint density at radius 3 is 3.04 bits per heavy atom. The summed E-state index contributed by atoms with van der Waals surface area (Å²) in [5, 5.41) is 5.98. The number of carbonyl (C=O) groups is 1. The molecule has 1 N–H and O–H groups in total. The maximum atomic E-state index is 12.8. The van der Waals surface area contributed by atoms with Gasteiger partial charge in [0.25, 0.3) is 11.5 Å². The second kappa shape index (κ2) is 7.68. The monoisotopic (exact) mass is 384 g/mol. The number of aromatic nitrogens is 1. The number of benzene rings is 1. The van der Waals surface area contributed by atoms with Crippen LogP contribution in [0.4, 0.5) is 0 Å². The smallest absolute Gasteiger partial charge is 0.261 e. The number of pyridine rings is 1. The van der Waals surface area contributed by atoms with Crippen LogP contribution in [0.15, 0.2) is 46.6 Å². The molecule has 2 aromatic heterocycles. The number of para-hydroxylation sites is 1. The molecular formula is C20H20N2O2S2. The minimum absolute atomic E-state index is 0.0247. The van der Waals surface area contributed by atoms with Crippen LogP contribution in [0.3, 0.4) is 0 Å². The summed E-state index contributed by atoms with van der Waals surface area (Å²) in [6.45, 7) is 1.41. The first-order chi connectivity index (χ1) is 12.7. The normalized spacial score (nSPS) is 13.1. The minimum Gasteiger partial charge on any atom is -0.351 e. The summed E-state index contributed by atoms with van der Waals surface area (Å²) in [6, 6.07) is 12.0. The van der Waals surface area contributed by atoms with Crippen LogP contribution in [-0.2, 0) is 18.7 Å². The van der Waals surface area contributed by atoms with Crippen molar-refractivity contribution in [2.24, 2.45) is 0 Å². The quantitative estimate of drug-likeness (QED) is 0.660. The molecule has 0 atom stereocenters. The molecule has 0 saturated heterocycles. The van der Waals surface area contributed by atoms with E-state index in [1.807, 2.05) is 28.1 Å². The Morgan fingerprint density at radius 1 is 1.27 bits per heavy atom. The number of carbonyl (C=O) groups excluding carboxylic acids is 1. The fraction of sp³-hybridized carbons (Fsp3) is 0.300. The van der Waals surface area contributed by atoms with Crippen molar-refractivity contribution in [1.82, 2.24) is 9.88 Å². The van der Waals surface area contributed by atoms with Crippen molar-refractivity contribution in [3.63, 3.8) is 0 Å². The van der Waals surface area contributed by atoms with Gasteiger partial charge in [-0.2, -0.15) is 11.8 Å². The Hall–Kier alpha value is -2.05. The number of aryl methyl sites for hydroxylation is 2. The Morgan fingerprint density at radius 2 is 2.19 bits per heavy atom. The first-order valence-corrected chi connectivity index (χ1v) is 10.8.